The van der Waals surface area contributed by atoms with Crippen molar-refractivity contribution in [1.82, 2.24) is 9.80 Å². The molecule has 3 atom stereocenters. The van der Waals surface area contributed by atoms with Crippen molar-refractivity contribution in [1.29, 1.82) is 0 Å². The first kappa shape index (κ1) is 15.3. The van der Waals surface area contributed by atoms with Gasteiger partial charge in [0.15, 0.2) is 0 Å². The molecule has 1 saturated heterocycles. The molecule has 0 spiro atoms. The van der Waals surface area contributed by atoms with Gasteiger partial charge in [0.05, 0.1) is 6.10 Å². The number of likely N-dealkylation sites (tertiary alicyclic amines) is 1. The monoisotopic (exact) mass is 268 g/mol. The average Bonchev–Trinajstić information content (AvgIpc) is 2.85. The van der Waals surface area contributed by atoms with E-state index in [-0.39, 0.29) is 6.10 Å². The molecule has 0 aromatic rings. The smallest absolute Gasteiger partial charge is 0.0695 e. The average molecular weight is 268 g/mol. The highest BCUT2D eigenvalue weighted by atomic mass is 16.3. The van der Waals surface area contributed by atoms with Crippen molar-refractivity contribution in [2.24, 2.45) is 0 Å². The molecule has 0 bridgehead atoms. The molecule has 3 heteroatoms. The summed E-state index contributed by atoms with van der Waals surface area (Å²) >= 11 is 0. The van der Waals surface area contributed by atoms with E-state index in [2.05, 4.69) is 23.6 Å². The summed E-state index contributed by atoms with van der Waals surface area (Å²) in [5.74, 6) is 0. The van der Waals surface area contributed by atoms with E-state index in [1.807, 2.05) is 0 Å². The van der Waals surface area contributed by atoms with Gasteiger partial charge in [0.2, 0.25) is 0 Å². The Morgan fingerprint density at radius 3 is 2.37 bits per heavy atom. The fourth-order valence-electron chi connectivity index (χ4n) is 3.98. The third-order valence-corrected chi connectivity index (χ3v) is 5.19. The molecule has 0 amide bonds. The summed E-state index contributed by atoms with van der Waals surface area (Å²) in [5.41, 5.74) is 0. The molecule has 2 rings (SSSR count). The highest BCUT2D eigenvalue weighted by molar-refractivity contribution is 4.90. The van der Waals surface area contributed by atoms with Crippen LogP contribution in [-0.4, -0.2) is 59.3 Å². The van der Waals surface area contributed by atoms with E-state index in [0.29, 0.717) is 12.1 Å². The van der Waals surface area contributed by atoms with Crippen LogP contribution in [-0.2, 0) is 0 Å². The molecule has 1 saturated carbocycles. The van der Waals surface area contributed by atoms with Crippen LogP contribution in [0.25, 0.3) is 0 Å². The summed E-state index contributed by atoms with van der Waals surface area (Å²) < 4.78 is 0. The van der Waals surface area contributed by atoms with E-state index in [1.165, 1.54) is 51.6 Å². The molecule has 0 radical (unpaired) electrons. The maximum Gasteiger partial charge on any atom is 0.0695 e. The van der Waals surface area contributed by atoms with E-state index < -0.39 is 0 Å². The Balaban J connectivity index is 1.90. The van der Waals surface area contributed by atoms with Crippen molar-refractivity contribution < 1.29 is 5.11 Å². The lowest BCUT2D eigenvalue weighted by Gasteiger charge is -2.34. The van der Waals surface area contributed by atoms with E-state index in [4.69, 9.17) is 0 Å². The first-order chi connectivity index (χ1) is 9.26. The summed E-state index contributed by atoms with van der Waals surface area (Å²) in [4.78, 5) is 5.16. The lowest BCUT2D eigenvalue weighted by molar-refractivity contribution is 0.0392. The first-order valence-electron chi connectivity index (χ1n) is 8.42. The molecule has 0 aromatic carbocycles. The van der Waals surface area contributed by atoms with E-state index in [0.717, 1.165) is 19.5 Å². The number of likely N-dealkylation sites (N-methyl/N-ethyl adjacent to an activating group) is 1. The van der Waals surface area contributed by atoms with E-state index in [1.54, 1.807) is 0 Å². The van der Waals surface area contributed by atoms with Gasteiger partial charge in [-0.3, -0.25) is 9.80 Å². The van der Waals surface area contributed by atoms with E-state index >= 15 is 0 Å². The van der Waals surface area contributed by atoms with Crippen LogP contribution in [0, 0.1) is 0 Å². The lowest BCUT2D eigenvalue weighted by Crippen LogP contribution is -2.45. The normalized spacial score (nSPS) is 34.4. The van der Waals surface area contributed by atoms with Crippen LogP contribution in [0.15, 0.2) is 0 Å². The first-order valence-corrected chi connectivity index (χ1v) is 8.42. The van der Waals surface area contributed by atoms with Gasteiger partial charge in [0.25, 0.3) is 0 Å². The maximum atomic E-state index is 10.4. The number of aliphatic hydroxyl groups excluding tert-OH is 1. The lowest BCUT2D eigenvalue weighted by atomic mass is 9.93. The van der Waals surface area contributed by atoms with Gasteiger partial charge >= 0.3 is 0 Å². The van der Waals surface area contributed by atoms with Crippen molar-refractivity contribution in [3.63, 3.8) is 0 Å². The molecule has 3 nitrogen and oxygen atoms in total. The van der Waals surface area contributed by atoms with Gasteiger partial charge in [0.1, 0.15) is 0 Å². The Labute approximate surface area is 119 Å². The molecule has 1 heterocycles. The third-order valence-electron chi connectivity index (χ3n) is 5.19. The zero-order valence-corrected chi connectivity index (χ0v) is 12.9. The van der Waals surface area contributed by atoms with Crippen LogP contribution >= 0.6 is 0 Å². The zero-order chi connectivity index (χ0) is 13.7. The molecule has 1 aliphatic heterocycles. The van der Waals surface area contributed by atoms with Gasteiger partial charge in [-0.25, -0.2) is 0 Å². The van der Waals surface area contributed by atoms with Crippen LogP contribution in [0.1, 0.15) is 58.8 Å². The number of rotatable bonds is 4. The summed E-state index contributed by atoms with van der Waals surface area (Å²) in [6.45, 7) is 9.18. The number of nitrogens with zero attached hydrogens (tertiary/aromatic N) is 2. The van der Waals surface area contributed by atoms with Gasteiger partial charge in [-0.05, 0) is 32.4 Å². The Bertz CT molecular complexity index is 255. The summed E-state index contributed by atoms with van der Waals surface area (Å²) in [6.07, 6.45) is 8.59. The van der Waals surface area contributed by atoms with Gasteiger partial charge in [0, 0.05) is 25.2 Å². The fraction of sp³-hybridized carbons (Fsp3) is 1.00. The summed E-state index contributed by atoms with van der Waals surface area (Å²) in [7, 11) is 0. The van der Waals surface area contributed by atoms with Crippen molar-refractivity contribution in [2.45, 2.75) is 77.0 Å². The predicted molar refractivity (Wildman–Crippen MR) is 80.4 cm³/mol. The predicted octanol–water partition coefficient (Wildman–Crippen LogP) is 2.49. The Morgan fingerprint density at radius 2 is 1.68 bits per heavy atom. The summed E-state index contributed by atoms with van der Waals surface area (Å²) in [6, 6.07) is 1.15. The Kier molecular flexibility index (Phi) is 6.11. The second-order valence-corrected chi connectivity index (χ2v) is 6.28. The number of aliphatic hydroxyl groups is 1. The molecule has 3 unspecified atom stereocenters. The Morgan fingerprint density at radius 1 is 1.00 bits per heavy atom. The van der Waals surface area contributed by atoms with E-state index in [9.17, 15) is 5.11 Å². The minimum Gasteiger partial charge on any atom is -0.391 e. The minimum atomic E-state index is -0.0873. The largest absolute Gasteiger partial charge is 0.391 e. The Hall–Kier alpha value is -0.120. The topological polar surface area (TPSA) is 26.7 Å². The summed E-state index contributed by atoms with van der Waals surface area (Å²) in [5, 5.41) is 10.4. The molecule has 0 aromatic heterocycles. The standard InChI is InChI=1S/C16H32N2O/c1-3-17(4-2)14-11-12-18(13-14)15-9-7-5-6-8-10-16(15)19/h14-16,19H,3-13H2,1-2H3. The van der Waals surface area contributed by atoms with Crippen molar-refractivity contribution >= 4 is 0 Å². The van der Waals surface area contributed by atoms with Gasteiger partial charge in [-0.15, -0.1) is 0 Å². The van der Waals surface area contributed by atoms with Crippen molar-refractivity contribution in [2.75, 3.05) is 26.2 Å². The van der Waals surface area contributed by atoms with Crippen molar-refractivity contribution in [3.8, 4) is 0 Å². The van der Waals surface area contributed by atoms with Crippen molar-refractivity contribution in [3.05, 3.63) is 0 Å². The maximum absolute atomic E-state index is 10.4. The van der Waals surface area contributed by atoms with Crippen LogP contribution in [0.2, 0.25) is 0 Å². The van der Waals surface area contributed by atoms with Gasteiger partial charge in [-0.1, -0.05) is 39.5 Å². The molecular formula is C16H32N2O. The third kappa shape index (κ3) is 3.93. The second-order valence-electron chi connectivity index (χ2n) is 6.28. The van der Waals surface area contributed by atoms with Crippen LogP contribution in [0.3, 0.4) is 0 Å². The molecule has 2 fully saturated rings. The molecule has 112 valence electrons. The SMILES string of the molecule is CCN(CC)C1CCN(C2CCCCCCC2O)C1. The highest BCUT2D eigenvalue weighted by Gasteiger charge is 2.33. The molecular weight excluding hydrogens is 236 g/mol. The van der Waals surface area contributed by atoms with Crippen LogP contribution in [0.5, 0.6) is 0 Å². The molecule has 1 aliphatic carbocycles. The van der Waals surface area contributed by atoms with Gasteiger partial charge in [-0.2, -0.15) is 0 Å². The highest BCUT2D eigenvalue weighted by Crippen LogP contribution is 2.26. The second kappa shape index (κ2) is 7.61. The molecule has 19 heavy (non-hydrogen) atoms. The quantitative estimate of drug-likeness (QED) is 0.848. The number of hydrogen-bond donors (Lipinski definition) is 1. The zero-order valence-electron chi connectivity index (χ0n) is 12.9. The van der Waals surface area contributed by atoms with Crippen LogP contribution < -0.4 is 0 Å². The fourth-order valence-corrected chi connectivity index (χ4v) is 3.98. The number of hydrogen-bond acceptors (Lipinski definition) is 3. The van der Waals surface area contributed by atoms with Gasteiger partial charge < -0.3 is 5.11 Å². The molecule has 1 N–H and O–H groups in total. The van der Waals surface area contributed by atoms with Crippen LogP contribution in [0.4, 0.5) is 0 Å². The minimum absolute atomic E-state index is 0.0873. The molecule has 2 aliphatic rings.